The first-order valence-corrected chi connectivity index (χ1v) is 7.32. The average molecular weight is 334 g/mol. The van der Waals surface area contributed by atoms with Gasteiger partial charge in [-0.25, -0.2) is 9.37 Å². The van der Waals surface area contributed by atoms with Gasteiger partial charge in [-0.15, -0.1) is 0 Å². The number of aromatic nitrogens is 3. The summed E-state index contributed by atoms with van der Waals surface area (Å²) < 4.78 is 51.6. The summed E-state index contributed by atoms with van der Waals surface area (Å²) in [6, 6.07) is 0. The average Bonchev–Trinajstić information content (AvgIpc) is 2.46. The van der Waals surface area contributed by atoms with E-state index in [4.69, 9.17) is 5.73 Å². The van der Waals surface area contributed by atoms with Crippen LogP contribution in [0.5, 0.6) is 0 Å². The Kier molecular flexibility index (Phi) is 5.18. The van der Waals surface area contributed by atoms with Crippen molar-refractivity contribution >= 4 is 11.5 Å². The fraction of sp³-hybridized carbons (Fsp3) is 0.643. The minimum Gasteiger partial charge on any atom is -0.386 e. The van der Waals surface area contributed by atoms with Gasteiger partial charge in [0.1, 0.15) is 17.8 Å². The van der Waals surface area contributed by atoms with Gasteiger partial charge in [-0.2, -0.15) is 23.1 Å². The molecule has 0 bridgehead atoms. The predicted molar refractivity (Wildman–Crippen MR) is 75.7 cm³/mol. The van der Waals surface area contributed by atoms with Crippen LogP contribution >= 0.6 is 0 Å². The summed E-state index contributed by atoms with van der Waals surface area (Å²) in [5, 5.41) is 9.55. The number of anilines is 1. The summed E-state index contributed by atoms with van der Waals surface area (Å²) in [4.78, 5) is 11.7. The van der Waals surface area contributed by atoms with Gasteiger partial charge in [0.25, 0.3) is 0 Å². The maximum atomic E-state index is 14.0. The Balaban J connectivity index is 2.21. The van der Waals surface area contributed by atoms with Crippen LogP contribution in [0.3, 0.4) is 0 Å². The van der Waals surface area contributed by atoms with E-state index in [0.29, 0.717) is 19.3 Å². The molecule has 0 saturated carbocycles. The van der Waals surface area contributed by atoms with Crippen LogP contribution in [0.2, 0.25) is 0 Å². The highest BCUT2D eigenvalue weighted by molar-refractivity contribution is 5.64. The number of aryl methyl sites for hydroxylation is 1. The topological polar surface area (TPSA) is 84.9 Å². The zero-order chi connectivity index (χ0) is 17.2. The molecule has 0 spiro atoms. The second-order valence-corrected chi connectivity index (χ2v) is 5.65. The number of aliphatic hydroxyl groups is 1. The molecule has 1 aliphatic rings. The molecule has 0 aliphatic heterocycles. The molecule has 128 valence electrons. The molecule has 1 heterocycles. The molecule has 1 aromatic heterocycles. The highest BCUT2D eigenvalue weighted by Gasteiger charge is 2.35. The molecule has 0 saturated heterocycles. The second kappa shape index (κ2) is 6.77. The van der Waals surface area contributed by atoms with E-state index >= 15 is 0 Å². The molecule has 1 aromatic rings. The number of hydrogen-bond donors (Lipinski definition) is 2. The highest BCUT2D eigenvalue weighted by Crippen LogP contribution is 2.32. The van der Waals surface area contributed by atoms with Gasteiger partial charge in [0.2, 0.25) is 5.95 Å². The highest BCUT2D eigenvalue weighted by atomic mass is 19.4. The predicted octanol–water partition coefficient (Wildman–Crippen LogP) is 2.81. The summed E-state index contributed by atoms with van der Waals surface area (Å²) >= 11 is 0. The SMILES string of the molecule is C[C@@H](CCc1nc(N)nc(C2=C(F)C(O)CCC2)n1)C(F)(F)F. The van der Waals surface area contributed by atoms with E-state index < -0.39 is 24.0 Å². The van der Waals surface area contributed by atoms with Crippen molar-refractivity contribution in [2.45, 2.75) is 51.3 Å². The van der Waals surface area contributed by atoms with E-state index in [2.05, 4.69) is 15.0 Å². The van der Waals surface area contributed by atoms with Gasteiger partial charge in [-0.1, -0.05) is 6.92 Å². The third-order valence-electron chi connectivity index (χ3n) is 3.81. The van der Waals surface area contributed by atoms with Gasteiger partial charge >= 0.3 is 6.18 Å². The number of rotatable bonds is 4. The Morgan fingerprint density at radius 1 is 1.30 bits per heavy atom. The first-order chi connectivity index (χ1) is 10.7. The first kappa shape index (κ1) is 17.6. The molecule has 5 nitrogen and oxygen atoms in total. The molecule has 0 radical (unpaired) electrons. The Labute approximate surface area is 130 Å². The molecular weight excluding hydrogens is 316 g/mol. The summed E-state index contributed by atoms with van der Waals surface area (Å²) in [7, 11) is 0. The third kappa shape index (κ3) is 4.37. The first-order valence-electron chi connectivity index (χ1n) is 7.32. The minimum atomic E-state index is -4.29. The molecule has 1 aliphatic carbocycles. The molecule has 3 N–H and O–H groups in total. The van der Waals surface area contributed by atoms with E-state index in [1.165, 1.54) is 0 Å². The van der Waals surface area contributed by atoms with Gasteiger partial charge < -0.3 is 10.8 Å². The minimum absolute atomic E-state index is 0.0107. The number of nitrogens with two attached hydrogens (primary N) is 1. The van der Waals surface area contributed by atoms with Crippen LogP contribution in [-0.2, 0) is 6.42 Å². The van der Waals surface area contributed by atoms with Crippen LogP contribution < -0.4 is 5.73 Å². The maximum Gasteiger partial charge on any atom is 0.391 e. The number of hydrogen-bond acceptors (Lipinski definition) is 5. The summed E-state index contributed by atoms with van der Waals surface area (Å²) in [5.41, 5.74) is 5.69. The van der Waals surface area contributed by atoms with Crippen molar-refractivity contribution in [2.24, 2.45) is 5.92 Å². The van der Waals surface area contributed by atoms with Crippen molar-refractivity contribution in [1.29, 1.82) is 0 Å². The lowest BCUT2D eigenvalue weighted by molar-refractivity contribution is -0.171. The van der Waals surface area contributed by atoms with Gasteiger partial charge in [-0.3, -0.25) is 0 Å². The Bertz CT molecular complexity index is 603. The molecule has 0 fully saturated rings. The number of aliphatic hydroxyl groups excluding tert-OH is 1. The number of nitrogen functional groups attached to an aromatic ring is 1. The van der Waals surface area contributed by atoms with Crippen LogP contribution in [0, 0.1) is 5.92 Å². The standard InChI is InChI=1S/C14H18F4N4O/c1-7(14(16,17)18)5-6-10-20-12(22-13(19)21-10)8-3-2-4-9(23)11(8)15/h7,9,23H,2-6H2,1H3,(H2,19,20,21,22)/t7-,9?/m0/s1. The number of alkyl halides is 3. The molecular formula is C14H18F4N4O. The van der Waals surface area contributed by atoms with E-state index in [1.54, 1.807) is 0 Å². The van der Waals surface area contributed by atoms with Crippen LogP contribution in [0.4, 0.5) is 23.5 Å². The smallest absolute Gasteiger partial charge is 0.386 e. The number of halogens is 4. The van der Waals surface area contributed by atoms with Crippen molar-refractivity contribution in [3.05, 3.63) is 17.5 Å². The van der Waals surface area contributed by atoms with Gasteiger partial charge in [0.15, 0.2) is 5.82 Å². The fourth-order valence-corrected chi connectivity index (χ4v) is 2.33. The van der Waals surface area contributed by atoms with E-state index in [1.807, 2.05) is 0 Å². The van der Waals surface area contributed by atoms with E-state index in [9.17, 15) is 22.7 Å². The zero-order valence-corrected chi connectivity index (χ0v) is 12.6. The van der Waals surface area contributed by atoms with Crippen LogP contribution in [-0.4, -0.2) is 32.3 Å². The molecule has 0 aromatic carbocycles. The van der Waals surface area contributed by atoms with E-state index in [0.717, 1.165) is 6.92 Å². The van der Waals surface area contributed by atoms with Crippen LogP contribution in [0.1, 0.15) is 44.3 Å². The maximum absolute atomic E-state index is 14.0. The van der Waals surface area contributed by atoms with Crippen LogP contribution in [0.25, 0.3) is 5.57 Å². The molecule has 9 heteroatoms. The number of nitrogens with zero attached hydrogens (tertiary/aromatic N) is 3. The van der Waals surface area contributed by atoms with Crippen molar-refractivity contribution in [3.63, 3.8) is 0 Å². The largest absolute Gasteiger partial charge is 0.391 e. The van der Waals surface area contributed by atoms with Gasteiger partial charge in [-0.05, 0) is 25.7 Å². The summed E-state index contributed by atoms with van der Waals surface area (Å²) in [5.74, 6) is -2.31. The Morgan fingerprint density at radius 2 is 2.00 bits per heavy atom. The normalized spacial score (nSPS) is 20.7. The van der Waals surface area contributed by atoms with E-state index in [-0.39, 0.29) is 36.0 Å². The van der Waals surface area contributed by atoms with Crippen LogP contribution in [0.15, 0.2) is 5.83 Å². The monoisotopic (exact) mass is 334 g/mol. The lowest BCUT2D eigenvalue weighted by atomic mass is 9.95. The van der Waals surface area contributed by atoms with Crippen molar-refractivity contribution in [3.8, 4) is 0 Å². The Hall–Kier alpha value is -1.77. The van der Waals surface area contributed by atoms with Gasteiger partial charge in [0, 0.05) is 12.0 Å². The third-order valence-corrected chi connectivity index (χ3v) is 3.81. The Morgan fingerprint density at radius 3 is 2.65 bits per heavy atom. The summed E-state index contributed by atoms with van der Waals surface area (Å²) in [6.45, 7) is 1.07. The molecule has 0 amide bonds. The quantitative estimate of drug-likeness (QED) is 0.827. The molecule has 1 unspecified atom stereocenters. The van der Waals surface area contributed by atoms with Crippen molar-refractivity contribution < 1.29 is 22.7 Å². The summed E-state index contributed by atoms with van der Waals surface area (Å²) in [6.07, 6.45) is -4.52. The molecule has 2 atom stereocenters. The fourth-order valence-electron chi connectivity index (χ4n) is 2.33. The van der Waals surface area contributed by atoms with Gasteiger partial charge in [0.05, 0.1) is 5.92 Å². The van der Waals surface area contributed by atoms with Crippen molar-refractivity contribution in [2.75, 3.05) is 5.73 Å². The lowest BCUT2D eigenvalue weighted by Gasteiger charge is -2.19. The number of allylic oxidation sites excluding steroid dienone is 1. The lowest BCUT2D eigenvalue weighted by Crippen LogP contribution is -2.21. The molecule has 2 rings (SSSR count). The zero-order valence-electron chi connectivity index (χ0n) is 12.6. The molecule has 23 heavy (non-hydrogen) atoms. The second-order valence-electron chi connectivity index (χ2n) is 5.65. The van der Waals surface area contributed by atoms with Crippen molar-refractivity contribution in [1.82, 2.24) is 15.0 Å².